The van der Waals surface area contributed by atoms with E-state index in [0.29, 0.717) is 31.4 Å². The summed E-state index contributed by atoms with van der Waals surface area (Å²) in [7, 11) is 0. The Morgan fingerprint density at radius 3 is 2.69 bits per heavy atom. The first-order valence-electron chi connectivity index (χ1n) is 10.1. The van der Waals surface area contributed by atoms with E-state index in [0.717, 1.165) is 6.08 Å². The second kappa shape index (κ2) is 11.1. The van der Waals surface area contributed by atoms with Crippen LogP contribution in [0.2, 0.25) is 0 Å². The Morgan fingerprint density at radius 1 is 1.28 bits per heavy atom. The summed E-state index contributed by atoms with van der Waals surface area (Å²) in [6, 6.07) is 8.51. The fourth-order valence-electron chi connectivity index (χ4n) is 3.78. The van der Waals surface area contributed by atoms with Crippen molar-refractivity contribution in [3.63, 3.8) is 0 Å². The van der Waals surface area contributed by atoms with Gasteiger partial charge in [0.1, 0.15) is 5.75 Å². The lowest BCUT2D eigenvalue weighted by atomic mass is 9.87. The molecule has 2 N–H and O–H groups in total. The van der Waals surface area contributed by atoms with E-state index in [1.807, 2.05) is 19.1 Å². The normalized spacial score (nSPS) is 25.1. The summed E-state index contributed by atoms with van der Waals surface area (Å²) in [5.41, 5.74) is 0. The molecule has 0 aliphatic heterocycles. The monoisotopic (exact) mass is 408 g/mol. The fourth-order valence-corrected chi connectivity index (χ4v) is 3.78. The standard InChI is InChI=1S/C23H30F2O4/c1-17-15-21(26)20(11-7-2-3-8-12-22(27)28)19(17)13-14-23(24,25)16-29-18-9-5-4-6-10-18/h2,4-7,9-10,13-14,17,19-21,26H,3,8,11-12,15-16H2,1H3,(H,27,28)/b7-2-,14-13+/t17-,19+,20-,21+/m1/s1. The number of aliphatic hydroxyl groups is 1. The van der Waals surface area contributed by atoms with Crippen molar-refractivity contribution in [2.75, 3.05) is 6.61 Å². The topological polar surface area (TPSA) is 66.8 Å². The van der Waals surface area contributed by atoms with Gasteiger partial charge in [0.25, 0.3) is 5.92 Å². The highest BCUT2D eigenvalue weighted by atomic mass is 19.3. The quantitative estimate of drug-likeness (QED) is 0.395. The average molecular weight is 408 g/mol. The number of carbonyl (C=O) groups is 1. The van der Waals surface area contributed by atoms with Crippen LogP contribution in [-0.2, 0) is 4.79 Å². The minimum Gasteiger partial charge on any atom is -0.487 e. The molecule has 1 aliphatic rings. The van der Waals surface area contributed by atoms with Crippen LogP contribution in [0.5, 0.6) is 5.75 Å². The van der Waals surface area contributed by atoms with Gasteiger partial charge in [-0.3, -0.25) is 4.79 Å². The molecule has 0 bridgehead atoms. The molecule has 0 heterocycles. The Balaban J connectivity index is 1.89. The first-order chi connectivity index (χ1) is 13.8. The molecule has 4 atom stereocenters. The molecule has 2 rings (SSSR count). The zero-order valence-corrected chi connectivity index (χ0v) is 16.7. The molecule has 0 spiro atoms. The number of aliphatic carboxylic acids is 1. The zero-order valence-electron chi connectivity index (χ0n) is 16.7. The van der Waals surface area contributed by atoms with Crippen molar-refractivity contribution in [1.82, 2.24) is 0 Å². The minimum absolute atomic E-state index is 0.109. The number of benzene rings is 1. The highest BCUT2D eigenvalue weighted by molar-refractivity contribution is 5.66. The maximum absolute atomic E-state index is 14.2. The van der Waals surface area contributed by atoms with Gasteiger partial charge in [0.15, 0.2) is 6.61 Å². The number of carboxylic acid groups (broad SMARTS) is 1. The first kappa shape index (κ1) is 23.1. The predicted molar refractivity (Wildman–Crippen MR) is 108 cm³/mol. The summed E-state index contributed by atoms with van der Waals surface area (Å²) in [5.74, 6) is -3.67. The van der Waals surface area contributed by atoms with Gasteiger partial charge in [-0.1, -0.05) is 43.4 Å². The van der Waals surface area contributed by atoms with Crippen LogP contribution in [0, 0.1) is 17.8 Å². The summed E-state index contributed by atoms with van der Waals surface area (Å²) >= 11 is 0. The third-order valence-electron chi connectivity index (χ3n) is 5.33. The number of para-hydroxylation sites is 1. The van der Waals surface area contributed by atoms with Crippen LogP contribution in [0.1, 0.15) is 39.0 Å². The van der Waals surface area contributed by atoms with E-state index < -0.39 is 24.6 Å². The van der Waals surface area contributed by atoms with Gasteiger partial charge < -0.3 is 14.9 Å². The van der Waals surface area contributed by atoms with Crippen molar-refractivity contribution in [2.45, 2.75) is 51.1 Å². The van der Waals surface area contributed by atoms with Crippen molar-refractivity contribution in [3.8, 4) is 5.75 Å². The number of rotatable bonds is 11. The lowest BCUT2D eigenvalue weighted by molar-refractivity contribution is -0.137. The smallest absolute Gasteiger partial charge is 0.303 e. The van der Waals surface area contributed by atoms with E-state index >= 15 is 0 Å². The van der Waals surface area contributed by atoms with Crippen molar-refractivity contribution in [3.05, 3.63) is 54.6 Å². The molecule has 0 aromatic heterocycles. The number of unbranched alkanes of at least 4 members (excludes halogenated alkanes) is 1. The maximum Gasteiger partial charge on any atom is 0.303 e. The lowest BCUT2D eigenvalue weighted by Crippen LogP contribution is -2.24. The molecule has 0 unspecified atom stereocenters. The van der Waals surface area contributed by atoms with Gasteiger partial charge in [-0.05, 0) is 61.6 Å². The van der Waals surface area contributed by atoms with Crippen molar-refractivity contribution in [1.29, 1.82) is 0 Å². The average Bonchev–Trinajstić information content (AvgIpc) is 2.94. The molecule has 160 valence electrons. The van der Waals surface area contributed by atoms with Gasteiger partial charge in [0.2, 0.25) is 0 Å². The third-order valence-corrected chi connectivity index (χ3v) is 5.33. The number of ether oxygens (including phenoxy) is 1. The molecule has 0 saturated heterocycles. The van der Waals surface area contributed by atoms with E-state index in [4.69, 9.17) is 9.84 Å². The van der Waals surface area contributed by atoms with Gasteiger partial charge in [-0.15, -0.1) is 0 Å². The summed E-state index contributed by atoms with van der Waals surface area (Å²) in [4.78, 5) is 10.5. The summed E-state index contributed by atoms with van der Waals surface area (Å²) < 4.78 is 33.6. The molecular weight excluding hydrogens is 378 g/mol. The molecular formula is C23H30F2O4. The second-order valence-electron chi connectivity index (χ2n) is 7.74. The van der Waals surface area contributed by atoms with E-state index in [9.17, 15) is 18.7 Å². The van der Waals surface area contributed by atoms with Crippen molar-refractivity contribution >= 4 is 5.97 Å². The molecule has 4 nitrogen and oxygen atoms in total. The van der Waals surface area contributed by atoms with Gasteiger partial charge in [0.05, 0.1) is 6.10 Å². The van der Waals surface area contributed by atoms with Crippen LogP contribution in [0.15, 0.2) is 54.6 Å². The van der Waals surface area contributed by atoms with Crippen LogP contribution in [0.4, 0.5) is 8.78 Å². The van der Waals surface area contributed by atoms with Gasteiger partial charge >= 0.3 is 5.97 Å². The molecule has 1 aromatic rings. The first-order valence-corrected chi connectivity index (χ1v) is 10.1. The Kier molecular flexibility index (Phi) is 8.83. The zero-order chi connectivity index (χ0) is 21.3. The van der Waals surface area contributed by atoms with Crippen LogP contribution in [-0.4, -0.2) is 34.8 Å². The molecule has 0 amide bonds. The summed E-state index contributed by atoms with van der Waals surface area (Å²) in [6.07, 6.45) is 8.23. The van der Waals surface area contributed by atoms with E-state index in [1.165, 1.54) is 6.08 Å². The number of hydrogen-bond acceptors (Lipinski definition) is 3. The summed E-state index contributed by atoms with van der Waals surface area (Å²) in [5, 5.41) is 19.0. The molecule has 29 heavy (non-hydrogen) atoms. The number of aliphatic hydroxyl groups excluding tert-OH is 1. The summed E-state index contributed by atoms with van der Waals surface area (Å²) in [6.45, 7) is 1.23. The molecule has 1 saturated carbocycles. The molecule has 1 aromatic carbocycles. The number of halogens is 2. The predicted octanol–water partition coefficient (Wildman–Crippen LogP) is 5.09. The SMILES string of the molecule is C[C@@H]1C[C@H](O)[C@H](C/C=C\CCCC(=O)O)[C@H]1/C=C/C(F)(F)COc1ccccc1. The maximum atomic E-state index is 14.2. The number of carboxylic acids is 1. The van der Waals surface area contributed by atoms with Crippen LogP contribution in [0.25, 0.3) is 0 Å². The largest absolute Gasteiger partial charge is 0.487 e. The Morgan fingerprint density at radius 2 is 2.00 bits per heavy atom. The minimum atomic E-state index is -3.10. The Hall–Kier alpha value is -2.21. The molecule has 1 aliphatic carbocycles. The van der Waals surface area contributed by atoms with E-state index in [2.05, 4.69) is 0 Å². The number of hydrogen-bond donors (Lipinski definition) is 2. The van der Waals surface area contributed by atoms with Crippen LogP contribution < -0.4 is 4.74 Å². The van der Waals surface area contributed by atoms with Gasteiger partial charge in [0, 0.05) is 6.42 Å². The highest BCUT2D eigenvalue weighted by Gasteiger charge is 2.38. The number of alkyl halides is 2. The second-order valence-corrected chi connectivity index (χ2v) is 7.74. The molecule has 0 radical (unpaired) electrons. The fraction of sp³-hybridized carbons (Fsp3) is 0.522. The Labute approximate surface area is 170 Å². The van der Waals surface area contributed by atoms with E-state index in [-0.39, 0.29) is 24.2 Å². The van der Waals surface area contributed by atoms with Crippen LogP contribution >= 0.6 is 0 Å². The van der Waals surface area contributed by atoms with Crippen molar-refractivity contribution in [2.24, 2.45) is 17.8 Å². The number of allylic oxidation sites excluding steroid dienone is 3. The van der Waals surface area contributed by atoms with Crippen LogP contribution in [0.3, 0.4) is 0 Å². The molecule has 1 fully saturated rings. The Bertz CT molecular complexity index is 687. The van der Waals surface area contributed by atoms with Gasteiger partial charge in [-0.25, -0.2) is 0 Å². The van der Waals surface area contributed by atoms with E-state index in [1.54, 1.807) is 30.3 Å². The highest BCUT2D eigenvalue weighted by Crippen LogP contribution is 2.40. The third kappa shape index (κ3) is 7.97. The molecule has 6 heteroatoms. The van der Waals surface area contributed by atoms with Gasteiger partial charge in [-0.2, -0.15) is 8.78 Å². The lowest BCUT2D eigenvalue weighted by Gasteiger charge is -2.21. The van der Waals surface area contributed by atoms with Crippen molar-refractivity contribution < 1.29 is 28.5 Å².